The molecule has 0 aliphatic carbocycles. The third-order valence-electron chi connectivity index (χ3n) is 4.66. The SMILES string of the molecule is CN=C(NCC(C)Oc1ccc(F)cc1)NCC(C)N1CCN(C)CC1. The summed E-state index contributed by atoms with van der Waals surface area (Å²) in [5.41, 5.74) is 0. The second-order valence-corrected chi connectivity index (χ2v) is 6.90. The lowest BCUT2D eigenvalue weighted by Gasteiger charge is -2.36. The number of hydrogen-bond donors (Lipinski definition) is 2. The fraction of sp³-hybridized carbons (Fsp3) is 0.632. The van der Waals surface area contributed by atoms with Gasteiger partial charge in [0, 0.05) is 45.8 Å². The first-order chi connectivity index (χ1) is 12.5. The molecule has 1 saturated heterocycles. The van der Waals surface area contributed by atoms with Gasteiger partial charge in [0.2, 0.25) is 0 Å². The van der Waals surface area contributed by atoms with Crippen LogP contribution in [0, 0.1) is 5.82 Å². The van der Waals surface area contributed by atoms with E-state index in [1.165, 1.54) is 12.1 Å². The molecule has 0 spiro atoms. The highest BCUT2D eigenvalue weighted by atomic mass is 19.1. The third-order valence-corrected chi connectivity index (χ3v) is 4.66. The van der Waals surface area contributed by atoms with Crippen molar-refractivity contribution in [2.24, 2.45) is 4.99 Å². The van der Waals surface area contributed by atoms with Crippen LogP contribution in [0.1, 0.15) is 13.8 Å². The van der Waals surface area contributed by atoms with Crippen molar-refractivity contribution in [2.45, 2.75) is 26.0 Å². The second kappa shape index (κ2) is 10.3. The van der Waals surface area contributed by atoms with Crippen LogP contribution in [0.5, 0.6) is 5.75 Å². The van der Waals surface area contributed by atoms with Gasteiger partial charge < -0.3 is 20.3 Å². The highest BCUT2D eigenvalue weighted by molar-refractivity contribution is 5.79. The number of nitrogens with one attached hydrogen (secondary N) is 2. The molecule has 0 saturated carbocycles. The van der Waals surface area contributed by atoms with Gasteiger partial charge in [-0.2, -0.15) is 0 Å². The van der Waals surface area contributed by atoms with E-state index in [9.17, 15) is 4.39 Å². The Labute approximate surface area is 156 Å². The average Bonchev–Trinajstić information content (AvgIpc) is 2.64. The molecule has 146 valence electrons. The van der Waals surface area contributed by atoms with Gasteiger partial charge in [0.15, 0.2) is 5.96 Å². The van der Waals surface area contributed by atoms with Crippen LogP contribution in [0.15, 0.2) is 29.3 Å². The molecule has 0 aromatic heterocycles. The Morgan fingerprint density at radius 3 is 2.35 bits per heavy atom. The Hall–Kier alpha value is -1.86. The number of guanidine groups is 1. The minimum atomic E-state index is -0.262. The lowest BCUT2D eigenvalue weighted by atomic mass is 10.2. The number of ether oxygens (including phenoxy) is 1. The minimum absolute atomic E-state index is 0.0610. The van der Waals surface area contributed by atoms with Crippen molar-refractivity contribution >= 4 is 5.96 Å². The first-order valence-corrected chi connectivity index (χ1v) is 9.27. The molecule has 0 bridgehead atoms. The summed E-state index contributed by atoms with van der Waals surface area (Å²) in [6.07, 6.45) is -0.0610. The van der Waals surface area contributed by atoms with E-state index in [4.69, 9.17) is 4.74 Å². The van der Waals surface area contributed by atoms with Crippen LogP contribution in [-0.2, 0) is 0 Å². The maximum absolute atomic E-state index is 12.9. The van der Waals surface area contributed by atoms with Crippen LogP contribution in [0.2, 0.25) is 0 Å². The molecule has 1 aliphatic rings. The summed E-state index contributed by atoms with van der Waals surface area (Å²) in [6.45, 7) is 10.1. The molecule has 26 heavy (non-hydrogen) atoms. The summed E-state index contributed by atoms with van der Waals surface area (Å²) in [5, 5.41) is 6.66. The number of aliphatic imine (C=N–C) groups is 1. The van der Waals surface area contributed by atoms with Crippen molar-refractivity contribution in [1.82, 2.24) is 20.4 Å². The van der Waals surface area contributed by atoms with Crippen LogP contribution in [0.4, 0.5) is 4.39 Å². The van der Waals surface area contributed by atoms with E-state index < -0.39 is 0 Å². The Balaban J connectivity index is 1.69. The highest BCUT2D eigenvalue weighted by Gasteiger charge is 2.19. The Morgan fingerprint density at radius 1 is 1.12 bits per heavy atom. The van der Waals surface area contributed by atoms with Crippen molar-refractivity contribution in [3.05, 3.63) is 30.1 Å². The number of benzene rings is 1. The molecule has 0 amide bonds. The molecule has 1 fully saturated rings. The minimum Gasteiger partial charge on any atom is -0.489 e. The summed E-state index contributed by atoms with van der Waals surface area (Å²) in [7, 11) is 3.93. The quantitative estimate of drug-likeness (QED) is 0.565. The fourth-order valence-corrected chi connectivity index (χ4v) is 2.88. The summed E-state index contributed by atoms with van der Waals surface area (Å²) >= 11 is 0. The standard InChI is InChI=1S/C19H32FN5O/c1-15(25-11-9-24(4)10-12-25)13-22-19(21-3)23-14-16(2)26-18-7-5-17(20)6-8-18/h5-8,15-16H,9-14H2,1-4H3,(H2,21,22,23). The lowest BCUT2D eigenvalue weighted by molar-refractivity contribution is 0.120. The molecule has 2 atom stereocenters. The van der Waals surface area contributed by atoms with Crippen LogP contribution in [-0.4, -0.2) is 81.3 Å². The van der Waals surface area contributed by atoms with Crippen molar-refractivity contribution in [3.8, 4) is 5.75 Å². The fourth-order valence-electron chi connectivity index (χ4n) is 2.88. The Kier molecular flexibility index (Phi) is 8.12. The predicted molar refractivity (Wildman–Crippen MR) is 104 cm³/mol. The molecular weight excluding hydrogens is 333 g/mol. The van der Waals surface area contributed by atoms with Gasteiger partial charge in [-0.3, -0.25) is 9.89 Å². The largest absolute Gasteiger partial charge is 0.489 e. The van der Waals surface area contributed by atoms with Crippen LogP contribution < -0.4 is 15.4 Å². The topological polar surface area (TPSA) is 52.1 Å². The number of halogens is 1. The maximum atomic E-state index is 12.9. The highest BCUT2D eigenvalue weighted by Crippen LogP contribution is 2.12. The van der Waals surface area contributed by atoms with Crippen molar-refractivity contribution in [3.63, 3.8) is 0 Å². The van der Waals surface area contributed by atoms with Crippen LogP contribution >= 0.6 is 0 Å². The lowest BCUT2D eigenvalue weighted by Crippen LogP contribution is -2.52. The zero-order valence-corrected chi connectivity index (χ0v) is 16.3. The summed E-state index contributed by atoms with van der Waals surface area (Å²) < 4.78 is 18.7. The molecule has 7 heteroatoms. The molecule has 2 N–H and O–H groups in total. The molecule has 2 rings (SSSR count). The maximum Gasteiger partial charge on any atom is 0.191 e. The average molecular weight is 365 g/mol. The number of likely N-dealkylation sites (N-methyl/N-ethyl adjacent to an activating group) is 1. The molecule has 6 nitrogen and oxygen atoms in total. The molecule has 1 aromatic carbocycles. The van der Waals surface area contributed by atoms with Gasteiger partial charge in [-0.05, 0) is 45.2 Å². The van der Waals surface area contributed by atoms with Gasteiger partial charge in [-0.15, -0.1) is 0 Å². The Morgan fingerprint density at radius 2 is 1.73 bits per heavy atom. The molecular formula is C19H32FN5O. The first-order valence-electron chi connectivity index (χ1n) is 9.27. The molecule has 0 radical (unpaired) electrons. The number of rotatable bonds is 7. The van der Waals surface area contributed by atoms with Crippen molar-refractivity contribution in [2.75, 3.05) is 53.4 Å². The van der Waals surface area contributed by atoms with Gasteiger partial charge >= 0.3 is 0 Å². The van der Waals surface area contributed by atoms with Crippen molar-refractivity contribution < 1.29 is 9.13 Å². The second-order valence-electron chi connectivity index (χ2n) is 6.90. The Bertz CT molecular complexity index is 558. The summed E-state index contributed by atoms with van der Waals surface area (Å²) in [4.78, 5) is 9.13. The van der Waals surface area contributed by atoms with Gasteiger partial charge in [-0.1, -0.05) is 0 Å². The first kappa shape index (κ1) is 20.5. The zero-order valence-electron chi connectivity index (χ0n) is 16.3. The number of nitrogens with zero attached hydrogens (tertiary/aromatic N) is 3. The van der Waals surface area contributed by atoms with Crippen LogP contribution in [0.25, 0.3) is 0 Å². The monoisotopic (exact) mass is 365 g/mol. The van der Waals surface area contributed by atoms with E-state index >= 15 is 0 Å². The number of piperazine rings is 1. The zero-order chi connectivity index (χ0) is 18.9. The predicted octanol–water partition coefficient (Wildman–Crippen LogP) is 1.39. The van der Waals surface area contributed by atoms with E-state index in [2.05, 4.69) is 39.4 Å². The van der Waals surface area contributed by atoms with E-state index in [0.29, 0.717) is 18.3 Å². The van der Waals surface area contributed by atoms with Gasteiger partial charge in [0.05, 0.1) is 6.54 Å². The van der Waals surface area contributed by atoms with E-state index in [0.717, 1.165) is 38.7 Å². The van der Waals surface area contributed by atoms with Crippen LogP contribution in [0.3, 0.4) is 0 Å². The third kappa shape index (κ3) is 6.80. The van der Waals surface area contributed by atoms with Crippen molar-refractivity contribution in [1.29, 1.82) is 0 Å². The smallest absolute Gasteiger partial charge is 0.191 e. The summed E-state index contributed by atoms with van der Waals surface area (Å²) in [5.74, 6) is 1.16. The van der Waals surface area contributed by atoms with Gasteiger partial charge in [0.25, 0.3) is 0 Å². The van der Waals surface area contributed by atoms with E-state index in [1.807, 2.05) is 6.92 Å². The molecule has 2 unspecified atom stereocenters. The van der Waals surface area contributed by atoms with E-state index in [1.54, 1.807) is 19.2 Å². The van der Waals surface area contributed by atoms with E-state index in [-0.39, 0.29) is 11.9 Å². The molecule has 1 aromatic rings. The van der Waals surface area contributed by atoms with Gasteiger partial charge in [0.1, 0.15) is 17.7 Å². The molecule has 1 aliphatic heterocycles. The normalized spacial score (nSPS) is 19.0. The number of hydrogen-bond acceptors (Lipinski definition) is 4. The molecule has 1 heterocycles. The summed E-state index contributed by atoms with van der Waals surface area (Å²) in [6, 6.07) is 6.52. The van der Waals surface area contributed by atoms with Gasteiger partial charge in [-0.25, -0.2) is 4.39 Å².